The zero-order valence-corrected chi connectivity index (χ0v) is 12.5. The maximum Gasteiger partial charge on any atom is 0.175 e. The summed E-state index contributed by atoms with van der Waals surface area (Å²) in [6.07, 6.45) is 2.90. The molecule has 6 heteroatoms. The lowest BCUT2D eigenvalue weighted by Gasteiger charge is -2.15. The molecule has 1 heterocycles. The molecule has 0 bridgehead atoms. The van der Waals surface area contributed by atoms with Crippen molar-refractivity contribution in [3.8, 4) is 0 Å². The molecule has 5 nitrogen and oxygen atoms in total. The molecule has 1 atom stereocenters. The Kier molecular flexibility index (Phi) is 4.04. The number of benzene rings is 1. The van der Waals surface area contributed by atoms with E-state index in [4.69, 9.17) is 0 Å². The maximum atomic E-state index is 11.4. The molecule has 0 amide bonds. The van der Waals surface area contributed by atoms with Crippen LogP contribution in [0.15, 0.2) is 41.4 Å². The summed E-state index contributed by atoms with van der Waals surface area (Å²) in [5, 5.41) is 3.26. The van der Waals surface area contributed by atoms with Crippen molar-refractivity contribution in [2.45, 2.75) is 24.8 Å². The molecule has 0 aliphatic carbocycles. The van der Waals surface area contributed by atoms with Crippen molar-refractivity contribution in [2.75, 3.05) is 11.6 Å². The van der Waals surface area contributed by atoms with E-state index >= 15 is 0 Å². The fraction of sp³-hybridized carbons (Fsp3) is 0.286. The minimum Gasteiger partial charge on any atom is -0.363 e. The van der Waals surface area contributed by atoms with Crippen molar-refractivity contribution in [1.29, 1.82) is 0 Å². The van der Waals surface area contributed by atoms with Crippen LogP contribution in [-0.2, 0) is 9.84 Å². The topological polar surface area (TPSA) is 72.0 Å². The van der Waals surface area contributed by atoms with Gasteiger partial charge in [-0.2, -0.15) is 0 Å². The van der Waals surface area contributed by atoms with Crippen molar-refractivity contribution in [3.05, 3.63) is 47.9 Å². The largest absolute Gasteiger partial charge is 0.363 e. The Morgan fingerprint density at radius 1 is 1.15 bits per heavy atom. The van der Waals surface area contributed by atoms with Gasteiger partial charge in [0.15, 0.2) is 9.84 Å². The van der Waals surface area contributed by atoms with E-state index in [1.807, 2.05) is 26.0 Å². The average Bonchev–Trinajstić information content (AvgIpc) is 2.38. The van der Waals surface area contributed by atoms with Gasteiger partial charge in [-0.3, -0.25) is 0 Å². The van der Waals surface area contributed by atoms with Gasteiger partial charge in [-0.1, -0.05) is 12.1 Å². The van der Waals surface area contributed by atoms with Gasteiger partial charge < -0.3 is 5.32 Å². The van der Waals surface area contributed by atoms with Gasteiger partial charge in [0.05, 0.1) is 4.90 Å². The van der Waals surface area contributed by atoms with Crippen LogP contribution in [0.2, 0.25) is 0 Å². The number of aromatic nitrogens is 2. The van der Waals surface area contributed by atoms with Gasteiger partial charge >= 0.3 is 0 Å². The lowest BCUT2D eigenvalue weighted by Crippen LogP contribution is -2.09. The first kappa shape index (κ1) is 14.5. The van der Waals surface area contributed by atoms with E-state index < -0.39 is 9.84 Å². The summed E-state index contributed by atoms with van der Waals surface area (Å²) >= 11 is 0. The molecular weight excluding hydrogens is 274 g/mol. The minimum absolute atomic E-state index is 0.0258. The summed E-state index contributed by atoms with van der Waals surface area (Å²) in [4.78, 5) is 8.64. The molecule has 0 spiro atoms. The molecule has 1 aromatic heterocycles. The first-order valence-corrected chi connectivity index (χ1v) is 8.11. The number of aryl methyl sites for hydroxylation is 1. The van der Waals surface area contributed by atoms with Crippen LogP contribution in [0.4, 0.5) is 5.82 Å². The van der Waals surface area contributed by atoms with Gasteiger partial charge in [-0.05, 0) is 37.6 Å². The zero-order valence-electron chi connectivity index (χ0n) is 11.7. The van der Waals surface area contributed by atoms with Crippen LogP contribution >= 0.6 is 0 Å². The molecule has 0 fully saturated rings. The summed E-state index contributed by atoms with van der Waals surface area (Å²) in [6, 6.07) is 8.68. The molecule has 0 radical (unpaired) electrons. The van der Waals surface area contributed by atoms with Crippen molar-refractivity contribution >= 4 is 15.7 Å². The maximum absolute atomic E-state index is 11.4. The predicted octanol–water partition coefficient (Wildman–Crippen LogP) is 2.36. The molecule has 0 saturated heterocycles. The molecule has 2 aromatic rings. The number of rotatable bonds is 4. The highest BCUT2D eigenvalue weighted by molar-refractivity contribution is 7.90. The van der Waals surface area contributed by atoms with Crippen molar-refractivity contribution in [2.24, 2.45) is 0 Å². The van der Waals surface area contributed by atoms with Crippen LogP contribution in [0.1, 0.15) is 24.4 Å². The van der Waals surface area contributed by atoms with Crippen LogP contribution in [0.5, 0.6) is 0 Å². The Hall–Kier alpha value is -1.95. The third-order valence-corrected chi connectivity index (χ3v) is 4.08. The average molecular weight is 291 g/mol. The highest BCUT2D eigenvalue weighted by Gasteiger charge is 2.10. The summed E-state index contributed by atoms with van der Waals surface area (Å²) in [5.41, 5.74) is 0.994. The molecule has 0 aliphatic heterocycles. The van der Waals surface area contributed by atoms with Crippen molar-refractivity contribution < 1.29 is 8.42 Å². The molecule has 0 saturated carbocycles. The molecule has 1 aromatic carbocycles. The Morgan fingerprint density at radius 3 is 2.35 bits per heavy atom. The fourth-order valence-corrected chi connectivity index (χ4v) is 2.48. The van der Waals surface area contributed by atoms with E-state index in [9.17, 15) is 8.42 Å². The van der Waals surface area contributed by atoms with Crippen LogP contribution in [-0.4, -0.2) is 24.6 Å². The van der Waals surface area contributed by atoms with Gasteiger partial charge in [0.25, 0.3) is 0 Å². The third kappa shape index (κ3) is 3.54. The quantitative estimate of drug-likeness (QED) is 0.936. The van der Waals surface area contributed by atoms with E-state index in [0.717, 1.165) is 11.4 Å². The van der Waals surface area contributed by atoms with Crippen molar-refractivity contribution in [1.82, 2.24) is 9.97 Å². The number of hydrogen-bond donors (Lipinski definition) is 1. The summed E-state index contributed by atoms with van der Waals surface area (Å²) in [7, 11) is -3.15. The Bertz CT molecular complexity index is 697. The molecule has 20 heavy (non-hydrogen) atoms. The van der Waals surface area contributed by atoms with Crippen molar-refractivity contribution in [3.63, 3.8) is 0 Å². The number of anilines is 1. The third-order valence-electron chi connectivity index (χ3n) is 2.95. The number of hydrogen-bond acceptors (Lipinski definition) is 5. The molecule has 106 valence electrons. The van der Waals surface area contributed by atoms with Gasteiger partial charge in [0, 0.05) is 18.5 Å². The smallest absolute Gasteiger partial charge is 0.175 e. The lowest BCUT2D eigenvalue weighted by molar-refractivity contribution is 0.602. The minimum atomic E-state index is -3.15. The van der Waals surface area contributed by atoms with Crippen LogP contribution < -0.4 is 5.32 Å². The first-order valence-electron chi connectivity index (χ1n) is 6.22. The van der Waals surface area contributed by atoms with Gasteiger partial charge in [0.1, 0.15) is 11.6 Å². The first-order chi connectivity index (χ1) is 9.36. The normalized spacial score (nSPS) is 12.9. The van der Waals surface area contributed by atoms with Crippen LogP contribution in [0.25, 0.3) is 0 Å². The standard InChI is InChI=1S/C14H17N3O2S/c1-10(16-14-8-9-15-11(2)17-14)12-4-6-13(7-5-12)20(3,18)19/h4-10H,1-3H3,(H,15,16,17). The zero-order chi connectivity index (χ0) is 14.8. The molecule has 1 unspecified atom stereocenters. The van der Waals surface area contributed by atoms with E-state index in [1.165, 1.54) is 6.26 Å². The van der Waals surface area contributed by atoms with E-state index in [1.54, 1.807) is 24.4 Å². The number of nitrogens with zero attached hydrogens (tertiary/aromatic N) is 2. The molecule has 1 N–H and O–H groups in total. The summed E-state index contributed by atoms with van der Waals surface area (Å²) < 4.78 is 22.8. The van der Waals surface area contributed by atoms with Crippen LogP contribution in [0, 0.1) is 6.92 Å². The second kappa shape index (κ2) is 5.58. The number of sulfone groups is 1. The summed E-state index contributed by atoms with van der Waals surface area (Å²) in [5.74, 6) is 1.45. The second-order valence-electron chi connectivity index (χ2n) is 4.70. The highest BCUT2D eigenvalue weighted by Crippen LogP contribution is 2.19. The molecule has 0 aliphatic rings. The van der Waals surface area contributed by atoms with E-state index in [-0.39, 0.29) is 6.04 Å². The van der Waals surface area contributed by atoms with Gasteiger partial charge in [-0.25, -0.2) is 18.4 Å². The van der Waals surface area contributed by atoms with E-state index in [0.29, 0.717) is 10.7 Å². The SMILES string of the molecule is Cc1nccc(NC(C)c2ccc(S(C)(=O)=O)cc2)n1. The molecular formula is C14H17N3O2S. The predicted molar refractivity (Wildman–Crippen MR) is 78.4 cm³/mol. The van der Waals surface area contributed by atoms with E-state index in [2.05, 4.69) is 15.3 Å². The van der Waals surface area contributed by atoms with Crippen LogP contribution in [0.3, 0.4) is 0 Å². The lowest BCUT2D eigenvalue weighted by atomic mass is 10.1. The highest BCUT2D eigenvalue weighted by atomic mass is 32.2. The van der Waals surface area contributed by atoms with Gasteiger partial charge in [0.2, 0.25) is 0 Å². The van der Waals surface area contributed by atoms with Gasteiger partial charge in [-0.15, -0.1) is 0 Å². The number of nitrogens with one attached hydrogen (secondary N) is 1. The monoisotopic (exact) mass is 291 g/mol. The Balaban J connectivity index is 2.15. The molecule has 2 rings (SSSR count). The Morgan fingerprint density at radius 2 is 1.80 bits per heavy atom. The Labute approximate surface area is 119 Å². The second-order valence-corrected chi connectivity index (χ2v) is 6.71. The fourth-order valence-electron chi connectivity index (χ4n) is 1.85. The summed E-state index contributed by atoms with van der Waals surface area (Å²) in [6.45, 7) is 3.82.